The van der Waals surface area contributed by atoms with Crippen molar-refractivity contribution in [1.82, 2.24) is 19.9 Å². The van der Waals surface area contributed by atoms with E-state index in [0.717, 1.165) is 46.2 Å². The molecule has 0 aliphatic carbocycles. The molecule has 0 N–H and O–H groups in total. The minimum absolute atomic E-state index is 0.0532. The molecule has 1 aliphatic heterocycles. The van der Waals surface area contributed by atoms with Gasteiger partial charge in [-0.2, -0.15) is 0 Å². The Morgan fingerprint density at radius 2 is 1.75 bits per heavy atom. The highest BCUT2D eigenvalue weighted by Crippen LogP contribution is 2.36. The van der Waals surface area contributed by atoms with E-state index in [1.165, 1.54) is 5.56 Å². The number of hydrogen-bond donors (Lipinski definition) is 0. The van der Waals surface area contributed by atoms with Crippen LogP contribution in [0, 0.1) is 6.92 Å². The summed E-state index contributed by atoms with van der Waals surface area (Å²) in [5.41, 5.74) is 6.06. The second-order valence-corrected chi connectivity index (χ2v) is 9.26. The Kier molecular flexibility index (Phi) is 5.77. The molecule has 2 aromatic carbocycles. The zero-order valence-electron chi connectivity index (χ0n) is 20.1. The van der Waals surface area contributed by atoms with Crippen LogP contribution in [0.1, 0.15) is 40.6 Å². The third-order valence-corrected chi connectivity index (χ3v) is 6.98. The third kappa shape index (κ3) is 4.15. The number of rotatable bonds is 4. The lowest BCUT2D eigenvalue weighted by atomic mass is 9.87. The number of benzene rings is 2. The van der Waals surface area contributed by atoms with Gasteiger partial charge in [0.1, 0.15) is 5.58 Å². The fraction of sp³-hybridized carbons (Fsp3) is 0.200. The Morgan fingerprint density at radius 3 is 2.53 bits per heavy atom. The van der Waals surface area contributed by atoms with E-state index in [2.05, 4.69) is 30.1 Å². The van der Waals surface area contributed by atoms with Crippen LogP contribution in [-0.4, -0.2) is 38.8 Å². The van der Waals surface area contributed by atoms with Crippen LogP contribution in [0.3, 0.4) is 0 Å². The topological polar surface area (TPSA) is 72.1 Å². The number of piperidine rings is 1. The van der Waals surface area contributed by atoms with Crippen LogP contribution in [0.4, 0.5) is 0 Å². The standard InChI is InChI=1S/C30H26N4O2/c1-20-7-2-4-10-24(20)25-19-32-29(23-9-6-14-31-18-23)33-28(25)21-12-15-34(16-13-21)30(35)27-17-22-8-3-5-11-26(22)36-27/h2-11,14,17-19,21H,12-13,15-16H2,1H3. The van der Waals surface area contributed by atoms with Crippen LogP contribution in [0.2, 0.25) is 0 Å². The second-order valence-electron chi connectivity index (χ2n) is 9.26. The third-order valence-electron chi connectivity index (χ3n) is 6.98. The molecule has 0 radical (unpaired) electrons. The molecule has 6 nitrogen and oxygen atoms in total. The average molecular weight is 475 g/mol. The molecule has 0 bridgehead atoms. The number of para-hydroxylation sites is 1. The molecular weight excluding hydrogens is 448 g/mol. The molecular formula is C30H26N4O2. The van der Waals surface area contributed by atoms with Crippen molar-refractivity contribution in [2.75, 3.05) is 13.1 Å². The van der Waals surface area contributed by atoms with Crippen molar-refractivity contribution >= 4 is 16.9 Å². The fourth-order valence-corrected chi connectivity index (χ4v) is 5.02. The lowest BCUT2D eigenvalue weighted by Crippen LogP contribution is -2.38. The number of hydrogen-bond acceptors (Lipinski definition) is 5. The number of furan rings is 1. The molecule has 0 unspecified atom stereocenters. The molecule has 1 saturated heterocycles. The summed E-state index contributed by atoms with van der Waals surface area (Å²) < 4.78 is 5.83. The number of carbonyl (C=O) groups is 1. The summed E-state index contributed by atoms with van der Waals surface area (Å²) in [5.74, 6) is 1.24. The molecule has 178 valence electrons. The van der Waals surface area contributed by atoms with Gasteiger partial charge >= 0.3 is 0 Å². The van der Waals surface area contributed by atoms with E-state index in [0.29, 0.717) is 24.7 Å². The molecule has 1 fully saturated rings. The predicted molar refractivity (Wildman–Crippen MR) is 140 cm³/mol. The van der Waals surface area contributed by atoms with Gasteiger partial charge in [0.15, 0.2) is 11.6 Å². The van der Waals surface area contributed by atoms with Crippen molar-refractivity contribution in [1.29, 1.82) is 0 Å². The van der Waals surface area contributed by atoms with Gasteiger partial charge < -0.3 is 9.32 Å². The summed E-state index contributed by atoms with van der Waals surface area (Å²) in [4.78, 5) is 29.1. The maximum absolute atomic E-state index is 13.2. The molecule has 1 aliphatic rings. The molecule has 0 atom stereocenters. The largest absolute Gasteiger partial charge is 0.451 e. The molecule has 36 heavy (non-hydrogen) atoms. The van der Waals surface area contributed by atoms with Gasteiger partial charge in [0.2, 0.25) is 0 Å². The van der Waals surface area contributed by atoms with Gasteiger partial charge in [0.25, 0.3) is 5.91 Å². The van der Waals surface area contributed by atoms with E-state index < -0.39 is 0 Å². The van der Waals surface area contributed by atoms with Crippen LogP contribution >= 0.6 is 0 Å². The molecule has 0 saturated carbocycles. The average Bonchev–Trinajstić information content (AvgIpc) is 3.38. The summed E-state index contributed by atoms with van der Waals surface area (Å²) >= 11 is 0. The lowest BCUT2D eigenvalue weighted by molar-refractivity contribution is 0.0682. The first kappa shape index (κ1) is 22.2. The van der Waals surface area contributed by atoms with E-state index >= 15 is 0 Å². The first-order valence-corrected chi connectivity index (χ1v) is 12.3. The van der Waals surface area contributed by atoms with Gasteiger partial charge in [-0.3, -0.25) is 9.78 Å². The minimum atomic E-state index is -0.0532. The van der Waals surface area contributed by atoms with Crippen LogP contribution in [0.5, 0.6) is 0 Å². The summed E-state index contributed by atoms with van der Waals surface area (Å²) in [6.07, 6.45) is 7.14. The number of pyridine rings is 1. The highest BCUT2D eigenvalue weighted by molar-refractivity contribution is 5.96. The molecule has 5 aromatic rings. The minimum Gasteiger partial charge on any atom is -0.451 e. The number of aromatic nitrogens is 3. The van der Waals surface area contributed by atoms with Crippen molar-refractivity contribution < 1.29 is 9.21 Å². The quantitative estimate of drug-likeness (QED) is 0.307. The first-order chi connectivity index (χ1) is 17.7. The maximum atomic E-state index is 13.2. The second kappa shape index (κ2) is 9.38. The molecule has 0 spiro atoms. The van der Waals surface area contributed by atoms with E-state index in [-0.39, 0.29) is 11.8 Å². The Morgan fingerprint density at radius 1 is 0.944 bits per heavy atom. The first-order valence-electron chi connectivity index (χ1n) is 12.3. The van der Waals surface area contributed by atoms with E-state index in [4.69, 9.17) is 14.4 Å². The number of aryl methyl sites for hydroxylation is 1. The van der Waals surface area contributed by atoms with Gasteiger partial charge in [-0.05, 0) is 55.2 Å². The lowest BCUT2D eigenvalue weighted by Gasteiger charge is -2.32. The van der Waals surface area contributed by atoms with Crippen molar-refractivity contribution in [2.45, 2.75) is 25.7 Å². The SMILES string of the molecule is Cc1ccccc1-c1cnc(-c2cccnc2)nc1C1CCN(C(=O)c2cc3ccccc3o2)CC1. The Hall–Kier alpha value is -4.32. The predicted octanol–water partition coefficient (Wildman–Crippen LogP) is 6.28. The van der Waals surface area contributed by atoms with Gasteiger partial charge in [-0.15, -0.1) is 0 Å². The van der Waals surface area contributed by atoms with Crippen LogP contribution in [0.25, 0.3) is 33.5 Å². The molecule has 3 aromatic heterocycles. The van der Waals surface area contributed by atoms with E-state index in [9.17, 15) is 4.79 Å². The number of fused-ring (bicyclic) bond motifs is 1. The van der Waals surface area contributed by atoms with Crippen molar-refractivity contribution in [3.05, 3.63) is 102 Å². The highest BCUT2D eigenvalue weighted by Gasteiger charge is 2.29. The smallest absolute Gasteiger partial charge is 0.289 e. The van der Waals surface area contributed by atoms with Crippen molar-refractivity contribution in [3.8, 4) is 22.5 Å². The normalized spacial score (nSPS) is 14.3. The highest BCUT2D eigenvalue weighted by atomic mass is 16.3. The fourth-order valence-electron chi connectivity index (χ4n) is 5.02. The van der Waals surface area contributed by atoms with Gasteiger partial charge in [-0.1, -0.05) is 42.5 Å². The Labute approximate surface area is 209 Å². The Bertz CT molecular complexity index is 1500. The van der Waals surface area contributed by atoms with Gasteiger partial charge in [-0.25, -0.2) is 9.97 Å². The van der Waals surface area contributed by atoms with E-state index in [1.54, 1.807) is 12.4 Å². The number of nitrogens with zero attached hydrogens (tertiary/aromatic N) is 4. The molecule has 1 amide bonds. The number of carbonyl (C=O) groups excluding carboxylic acids is 1. The summed E-state index contributed by atoms with van der Waals surface area (Å²) in [5, 5.41) is 0.947. The van der Waals surface area contributed by atoms with Crippen molar-refractivity contribution in [3.63, 3.8) is 0 Å². The molecule has 6 heteroatoms. The zero-order chi connectivity index (χ0) is 24.5. The number of likely N-dealkylation sites (tertiary alicyclic amines) is 1. The van der Waals surface area contributed by atoms with Crippen LogP contribution < -0.4 is 0 Å². The van der Waals surface area contributed by atoms with Gasteiger partial charge in [0, 0.05) is 54.1 Å². The monoisotopic (exact) mass is 474 g/mol. The zero-order valence-corrected chi connectivity index (χ0v) is 20.1. The van der Waals surface area contributed by atoms with Crippen LogP contribution in [-0.2, 0) is 0 Å². The van der Waals surface area contributed by atoms with Crippen LogP contribution in [0.15, 0.2) is 89.7 Å². The number of amides is 1. The summed E-state index contributed by atoms with van der Waals surface area (Å²) in [6, 6.07) is 21.8. The summed E-state index contributed by atoms with van der Waals surface area (Å²) in [6.45, 7) is 3.42. The van der Waals surface area contributed by atoms with Crippen molar-refractivity contribution in [2.24, 2.45) is 0 Å². The van der Waals surface area contributed by atoms with Gasteiger partial charge in [0.05, 0.1) is 5.69 Å². The summed E-state index contributed by atoms with van der Waals surface area (Å²) in [7, 11) is 0. The maximum Gasteiger partial charge on any atom is 0.289 e. The van der Waals surface area contributed by atoms with E-state index in [1.807, 2.05) is 59.6 Å². The Balaban J connectivity index is 1.29. The molecule has 6 rings (SSSR count). The molecule has 4 heterocycles.